The maximum Gasteiger partial charge on any atom is 0.416 e. The SMILES string of the molecule is C[C@@]1(c2ccc(OC(F)F)cc2)NC(=O)N(Cc2ccccc2C(F)(F)F)C1=O. The van der Waals surface area contributed by atoms with Gasteiger partial charge in [0.15, 0.2) is 0 Å². The van der Waals surface area contributed by atoms with Crippen LogP contribution in [0.3, 0.4) is 0 Å². The second-order valence-corrected chi connectivity index (χ2v) is 6.50. The van der Waals surface area contributed by atoms with Gasteiger partial charge in [0, 0.05) is 0 Å². The van der Waals surface area contributed by atoms with Crippen molar-refractivity contribution >= 4 is 11.9 Å². The lowest BCUT2D eigenvalue weighted by Crippen LogP contribution is -2.40. The quantitative estimate of drug-likeness (QED) is 0.587. The van der Waals surface area contributed by atoms with Gasteiger partial charge in [-0.2, -0.15) is 22.0 Å². The molecule has 29 heavy (non-hydrogen) atoms. The fourth-order valence-corrected chi connectivity index (χ4v) is 3.11. The minimum atomic E-state index is -4.64. The number of alkyl halides is 5. The molecule has 0 aromatic heterocycles. The molecular formula is C19H15F5N2O3. The number of halogens is 5. The molecule has 0 radical (unpaired) electrons. The second-order valence-electron chi connectivity index (χ2n) is 6.50. The normalized spacial score (nSPS) is 19.6. The van der Waals surface area contributed by atoms with E-state index in [0.717, 1.165) is 6.07 Å². The summed E-state index contributed by atoms with van der Waals surface area (Å²) >= 11 is 0. The summed E-state index contributed by atoms with van der Waals surface area (Å²) < 4.78 is 68.3. The Morgan fingerprint density at radius 2 is 1.69 bits per heavy atom. The summed E-state index contributed by atoms with van der Waals surface area (Å²) in [6, 6.07) is 8.84. The fourth-order valence-electron chi connectivity index (χ4n) is 3.11. The lowest BCUT2D eigenvalue weighted by Gasteiger charge is -2.23. The standard InChI is InChI=1S/C19H15F5N2O3/c1-18(12-6-8-13(9-7-12)29-16(20)21)15(27)26(17(28)25-18)10-11-4-2-3-5-14(11)19(22,23)24/h2-9,16H,10H2,1H3,(H,25,28)/t18-/m0/s1. The van der Waals surface area contributed by atoms with E-state index in [-0.39, 0.29) is 16.9 Å². The maximum atomic E-state index is 13.2. The molecule has 10 heteroatoms. The van der Waals surface area contributed by atoms with Crippen LogP contribution in [0.5, 0.6) is 5.75 Å². The lowest BCUT2D eigenvalue weighted by molar-refractivity contribution is -0.139. The molecule has 1 N–H and O–H groups in total. The highest BCUT2D eigenvalue weighted by Crippen LogP contribution is 2.35. The Hall–Kier alpha value is -3.17. The highest BCUT2D eigenvalue weighted by atomic mass is 19.4. The van der Waals surface area contributed by atoms with Crippen LogP contribution in [0.2, 0.25) is 0 Å². The van der Waals surface area contributed by atoms with E-state index in [0.29, 0.717) is 4.90 Å². The molecule has 1 heterocycles. The number of nitrogens with one attached hydrogen (secondary N) is 1. The summed E-state index contributed by atoms with van der Waals surface area (Å²) in [6.45, 7) is -2.21. The fraction of sp³-hybridized carbons (Fsp3) is 0.263. The number of urea groups is 1. The van der Waals surface area contributed by atoms with Crippen molar-refractivity contribution in [1.29, 1.82) is 0 Å². The van der Waals surface area contributed by atoms with Gasteiger partial charge in [-0.15, -0.1) is 0 Å². The van der Waals surface area contributed by atoms with Crippen molar-refractivity contribution in [1.82, 2.24) is 10.2 Å². The van der Waals surface area contributed by atoms with Crippen molar-refractivity contribution in [2.75, 3.05) is 0 Å². The summed E-state index contributed by atoms with van der Waals surface area (Å²) in [5, 5.41) is 2.45. The number of hydrogen-bond acceptors (Lipinski definition) is 3. The number of amides is 3. The monoisotopic (exact) mass is 414 g/mol. The number of benzene rings is 2. The maximum absolute atomic E-state index is 13.2. The predicted molar refractivity (Wildman–Crippen MR) is 91.0 cm³/mol. The van der Waals surface area contributed by atoms with E-state index in [1.54, 1.807) is 0 Å². The van der Waals surface area contributed by atoms with E-state index in [2.05, 4.69) is 10.1 Å². The largest absolute Gasteiger partial charge is 0.435 e. The first-order valence-electron chi connectivity index (χ1n) is 8.37. The third kappa shape index (κ3) is 4.01. The van der Waals surface area contributed by atoms with Crippen LogP contribution in [0.15, 0.2) is 48.5 Å². The molecule has 1 saturated heterocycles. The van der Waals surface area contributed by atoms with Gasteiger partial charge in [-0.25, -0.2) is 4.79 Å². The first-order valence-corrected chi connectivity index (χ1v) is 8.37. The Labute approximate surface area is 162 Å². The number of rotatable bonds is 5. The van der Waals surface area contributed by atoms with Gasteiger partial charge < -0.3 is 10.1 Å². The number of carbonyl (C=O) groups excluding carboxylic acids is 2. The molecule has 3 rings (SSSR count). The molecule has 1 aliphatic heterocycles. The van der Waals surface area contributed by atoms with Crippen LogP contribution < -0.4 is 10.1 Å². The molecule has 2 aromatic carbocycles. The minimum Gasteiger partial charge on any atom is -0.435 e. The van der Waals surface area contributed by atoms with Gasteiger partial charge in [-0.3, -0.25) is 9.69 Å². The molecule has 0 bridgehead atoms. The molecule has 1 fully saturated rings. The van der Waals surface area contributed by atoms with E-state index in [4.69, 9.17) is 0 Å². The van der Waals surface area contributed by atoms with E-state index in [1.807, 2.05) is 0 Å². The molecule has 1 atom stereocenters. The number of imide groups is 1. The Kier molecular flexibility index (Phi) is 5.20. The van der Waals surface area contributed by atoms with Crippen molar-refractivity contribution in [3.05, 3.63) is 65.2 Å². The number of ether oxygens (including phenoxy) is 1. The van der Waals surface area contributed by atoms with Gasteiger partial charge in [0.05, 0.1) is 12.1 Å². The van der Waals surface area contributed by atoms with E-state index >= 15 is 0 Å². The van der Waals surface area contributed by atoms with Gasteiger partial charge in [0.2, 0.25) is 0 Å². The zero-order valence-corrected chi connectivity index (χ0v) is 15.0. The van der Waals surface area contributed by atoms with Crippen LogP contribution in [-0.2, 0) is 23.1 Å². The molecule has 3 amide bonds. The van der Waals surface area contributed by atoms with E-state index < -0.39 is 42.4 Å². The minimum absolute atomic E-state index is 0.139. The van der Waals surface area contributed by atoms with Crippen molar-refractivity contribution < 1.29 is 36.3 Å². The topological polar surface area (TPSA) is 58.6 Å². The van der Waals surface area contributed by atoms with Gasteiger partial charge >= 0.3 is 18.8 Å². The zero-order valence-electron chi connectivity index (χ0n) is 15.0. The molecule has 154 valence electrons. The van der Waals surface area contributed by atoms with Crippen LogP contribution in [-0.4, -0.2) is 23.4 Å². The highest BCUT2D eigenvalue weighted by Gasteiger charge is 2.49. The number of nitrogens with zero attached hydrogens (tertiary/aromatic N) is 1. The average molecular weight is 414 g/mol. The Morgan fingerprint density at radius 1 is 1.07 bits per heavy atom. The molecule has 0 aliphatic carbocycles. The third-order valence-corrected chi connectivity index (χ3v) is 4.58. The van der Waals surface area contributed by atoms with Crippen molar-refractivity contribution in [2.24, 2.45) is 0 Å². The summed E-state index contributed by atoms with van der Waals surface area (Å²) in [4.78, 5) is 25.9. The van der Waals surface area contributed by atoms with E-state index in [1.165, 1.54) is 49.4 Å². The predicted octanol–water partition coefficient (Wildman–Crippen LogP) is 4.27. The zero-order chi connectivity index (χ0) is 21.4. The highest BCUT2D eigenvalue weighted by molar-refractivity contribution is 6.07. The molecule has 2 aromatic rings. The van der Waals surface area contributed by atoms with Gasteiger partial charge in [-0.05, 0) is 36.2 Å². The first-order chi connectivity index (χ1) is 13.5. The van der Waals surface area contributed by atoms with Gasteiger partial charge in [0.1, 0.15) is 11.3 Å². The Morgan fingerprint density at radius 3 is 2.28 bits per heavy atom. The van der Waals surface area contributed by atoms with E-state index in [9.17, 15) is 31.5 Å². The van der Waals surface area contributed by atoms with Crippen LogP contribution in [0.1, 0.15) is 23.6 Å². The van der Waals surface area contributed by atoms with Crippen molar-refractivity contribution in [2.45, 2.75) is 31.8 Å². The number of carbonyl (C=O) groups is 2. The van der Waals surface area contributed by atoms with Crippen LogP contribution >= 0.6 is 0 Å². The summed E-state index contributed by atoms with van der Waals surface area (Å²) in [7, 11) is 0. The Balaban J connectivity index is 1.87. The van der Waals surface area contributed by atoms with Gasteiger partial charge in [0.25, 0.3) is 5.91 Å². The van der Waals surface area contributed by atoms with Crippen LogP contribution in [0.25, 0.3) is 0 Å². The average Bonchev–Trinajstić information content (AvgIpc) is 2.85. The van der Waals surface area contributed by atoms with Crippen LogP contribution in [0, 0.1) is 0 Å². The Bertz CT molecular complexity index is 930. The second kappa shape index (κ2) is 7.34. The van der Waals surface area contributed by atoms with Crippen molar-refractivity contribution in [3.63, 3.8) is 0 Å². The summed E-state index contributed by atoms with van der Waals surface area (Å²) in [6.07, 6.45) is -4.64. The lowest BCUT2D eigenvalue weighted by atomic mass is 9.92. The van der Waals surface area contributed by atoms with Gasteiger partial charge in [-0.1, -0.05) is 30.3 Å². The molecule has 1 aliphatic rings. The molecule has 0 spiro atoms. The third-order valence-electron chi connectivity index (χ3n) is 4.58. The smallest absolute Gasteiger partial charge is 0.416 e. The van der Waals surface area contributed by atoms with Crippen molar-refractivity contribution in [3.8, 4) is 5.75 Å². The molecule has 0 saturated carbocycles. The first kappa shape index (κ1) is 20.6. The molecular weight excluding hydrogens is 399 g/mol. The van der Waals surface area contributed by atoms with Crippen LogP contribution in [0.4, 0.5) is 26.7 Å². The summed E-state index contributed by atoms with van der Waals surface area (Å²) in [5.74, 6) is -0.901. The summed E-state index contributed by atoms with van der Waals surface area (Å²) in [5.41, 5.74) is -2.46. The molecule has 5 nitrogen and oxygen atoms in total. The number of hydrogen-bond donors (Lipinski definition) is 1. The molecule has 0 unspecified atom stereocenters.